The van der Waals surface area contributed by atoms with Crippen LogP contribution in [0.3, 0.4) is 0 Å². The van der Waals surface area contributed by atoms with Crippen LogP contribution in [-0.4, -0.2) is 42.7 Å². The van der Waals surface area contributed by atoms with Crippen LogP contribution in [0.4, 0.5) is 34.1 Å². The maximum absolute atomic E-state index is 13.0. The molecule has 4 aromatic carbocycles. The third-order valence-corrected chi connectivity index (χ3v) is 8.56. The fourth-order valence-electron chi connectivity index (χ4n) is 5.51. The van der Waals surface area contributed by atoms with Crippen molar-refractivity contribution in [3.05, 3.63) is 173 Å². The molecule has 58 heavy (non-hydrogen) atoms. The van der Waals surface area contributed by atoms with Crippen LogP contribution in [0.25, 0.3) is 0 Å². The Balaban J connectivity index is 0.989. The molecule has 4 amide bonds. The van der Waals surface area contributed by atoms with E-state index in [2.05, 4.69) is 41.5 Å². The zero-order chi connectivity index (χ0) is 41.3. The first kappa shape index (κ1) is 39.4. The fourth-order valence-corrected chi connectivity index (χ4v) is 5.51. The number of azo groups is 1. The predicted molar refractivity (Wildman–Crippen MR) is 215 cm³/mol. The topological polar surface area (TPSA) is 251 Å². The van der Waals surface area contributed by atoms with Gasteiger partial charge in [0.15, 0.2) is 0 Å². The van der Waals surface area contributed by atoms with E-state index in [-0.39, 0.29) is 35.4 Å². The summed E-state index contributed by atoms with van der Waals surface area (Å²) in [6.07, 6.45) is -0.451. The van der Waals surface area contributed by atoms with Crippen LogP contribution in [0, 0.1) is 0 Å². The Hall–Kier alpha value is -8.28. The zero-order valence-corrected chi connectivity index (χ0v) is 30.9. The molecular formula is C40H34N10O8. The Morgan fingerprint density at radius 1 is 0.500 bits per heavy atom. The van der Waals surface area contributed by atoms with Crippen molar-refractivity contribution >= 4 is 57.8 Å². The number of H-pyrrole nitrogens is 2. The molecular weight excluding hydrogens is 749 g/mol. The highest BCUT2D eigenvalue weighted by molar-refractivity contribution is 6.06. The summed E-state index contributed by atoms with van der Waals surface area (Å²) in [6, 6.07) is 28.2. The number of amides is 4. The molecule has 0 aliphatic heterocycles. The standard InChI is InChI=1S/C40H34N10O8/c1-49-31(21-35(53)45-39(49)57)19-33(51)41-29-7-3-5-23(17-29)37(55)43-25-9-13-27(14-10-25)47-48-28-15-11-26(12-16-28)44-38(56)24-6-4-8-30(18-24)42-34(52)20-32-22-36(54)46-40(58)50(32)2/h3-18,21-22H,19-20H2,1-2H3,(H,41,51)(H,42,52)(H,43,55)(H,44,56)(H,45,53,57)(H,46,54,58)/b48-47+. The fraction of sp³-hybridized carbons (Fsp3) is 0.100. The molecule has 6 rings (SSSR count). The Bertz CT molecular complexity index is 2630. The molecule has 0 unspecified atom stereocenters. The van der Waals surface area contributed by atoms with Gasteiger partial charge in [-0.25, -0.2) is 9.59 Å². The summed E-state index contributed by atoms with van der Waals surface area (Å²) in [5.41, 5.74) is 1.22. The second-order valence-electron chi connectivity index (χ2n) is 12.8. The van der Waals surface area contributed by atoms with E-state index in [0.29, 0.717) is 34.1 Å². The van der Waals surface area contributed by atoms with Crippen LogP contribution >= 0.6 is 0 Å². The number of nitrogens with zero attached hydrogens (tertiary/aromatic N) is 4. The summed E-state index contributed by atoms with van der Waals surface area (Å²) in [4.78, 5) is 102. The highest BCUT2D eigenvalue weighted by Crippen LogP contribution is 2.23. The number of carbonyl (C=O) groups is 4. The Morgan fingerprint density at radius 3 is 1.26 bits per heavy atom. The molecule has 18 heteroatoms. The second-order valence-corrected chi connectivity index (χ2v) is 12.8. The Labute approximate surface area is 327 Å². The van der Waals surface area contributed by atoms with Crippen molar-refractivity contribution in [2.45, 2.75) is 12.8 Å². The number of anilines is 4. The molecule has 0 saturated heterocycles. The minimum Gasteiger partial charge on any atom is -0.326 e. The van der Waals surface area contributed by atoms with Crippen molar-refractivity contribution in [3.8, 4) is 0 Å². The van der Waals surface area contributed by atoms with Crippen molar-refractivity contribution in [3.63, 3.8) is 0 Å². The van der Waals surface area contributed by atoms with E-state index < -0.39 is 46.1 Å². The molecule has 2 heterocycles. The van der Waals surface area contributed by atoms with Crippen LogP contribution in [0.15, 0.2) is 139 Å². The van der Waals surface area contributed by atoms with Crippen LogP contribution < -0.4 is 43.8 Å². The first-order valence-electron chi connectivity index (χ1n) is 17.4. The number of benzene rings is 4. The molecule has 18 nitrogen and oxygen atoms in total. The number of aromatic nitrogens is 4. The number of hydrogen-bond donors (Lipinski definition) is 6. The lowest BCUT2D eigenvalue weighted by Crippen LogP contribution is -2.31. The van der Waals surface area contributed by atoms with Crippen molar-refractivity contribution in [2.24, 2.45) is 24.3 Å². The van der Waals surface area contributed by atoms with Crippen LogP contribution in [-0.2, 0) is 36.5 Å². The number of carbonyl (C=O) groups excluding carboxylic acids is 4. The summed E-state index contributed by atoms with van der Waals surface area (Å²) in [7, 11) is 2.88. The van der Waals surface area contributed by atoms with Crippen LogP contribution in [0.5, 0.6) is 0 Å². The van der Waals surface area contributed by atoms with Gasteiger partial charge in [0, 0.05) is 71.5 Å². The first-order chi connectivity index (χ1) is 27.8. The smallest absolute Gasteiger partial charge is 0.326 e. The van der Waals surface area contributed by atoms with Gasteiger partial charge in [0.2, 0.25) is 11.8 Å². The average Bonchev–Trinajstić information content (AvgIpc) is 3.19. The first-order valence-corrected chi connectivity index (χ1v) is 17.4. The molecule has 0 aliphatic carbocycles. The van der Waals surface area contributed by atoms with E-state index >= 15 is 0 Å². The molecule has 0 atom stereocenters. The highest BCUT2D eigenvalue weighted by Gasteiger charge is 2.14. The lowest BCUT2D eigenvalue weighted by atomic mass is 10.1. The summed E-state index contributed by atoms with van der Waals surface area (Å²) >= 11 is 0. The van der Waals surface area contributed by atoms with Crippen molar-refractivity contribution < 1.29 is 19.2 Å². The lowest BCUT2D eigenvalue weighted by Gasteiger charge is -2.10. The van der Waals surface area contributed by atoms with Crippen LogP contribution in [0.1, 0.15) is 32.1 Å². The third kappa shape index (κ3) is 10.3. The maximum atomic E-state index is 13.0. The van der Waals surface area contributed by atoms with Gasteiger partial charge < -0.3 is 30.4 Å². The normalized spacial score (nSPS) is 10.9. The molecule has 0 aliphatic rings. The van der Waals surface area contributed by atoms with Crippen molar-refractivity contribution in [2.75, 3.05) is 21.3 Å². The van der Waals surface area contributed by atoms with Gasteiger partial charge in [-0.05, 0) is 84.9 Å². The minimum absolute atomic E-state index is 0.226. The van der Waals surface area contributed by atoms with Gasteiger partial charge in [-0.15, -0.1) is 0 Å². The molecule has 0 saturated carbocycles. The minimum atomic E-state index is -0.632. The predicted octanol–water partition coefficient (Wildman–Crippen LogP) is 3.74. The maximum Gasteiger partial charge on any atom is 0.328 e. The molecule has 0 radical (unpaired) electrons. The van der Waals surface area contributed by atoms with E-state index in [1.54, 1.807) is 84.9 Å². The van der Waals surface area contributed by atoms with Gasteiger partial charge in [-0.2, -0.15) is 10.2 Å². The third-order valence-electron chi connectivity index (χ3n) is 8.56. The van der Waals surface area contributed by atoms with Crippen molar-refractivity contribution in [1.29, 1.82) is 0 Å². The van der Waals surface area contributed by atoms with Gasteiger partial charge in [0.05, 0.1) is 24.2 Å². The molecule has 0 bridgehead atoms. The monoisotopic (exact) mass is 782 g/mol. The van der Waals surface area contributed by atoms with Gasteiger partial charge >= 0.3 is 11.4 Å². The van der Waals surface area contributed by atoms with Gasteiger partial charge in [0.25, 0.3) is 22.9 Å². The second kappa shape index (κ2) is 17.5. The Kier molecular flexibility index (Phi) is 11.9. The van der Waals surface area contributed by atoms with E-state index in [4.69, 9.17) is 0 Å². The van der Waals surface area contributed by atoms with E-state index in [9.17, 15) is 38.4 Å². The van der Waals surface area contributed by atoms with E-state index in [1.165, 1.54) is 47.5 Å². The highest BCUT2D eigenvalue weighted by atomic mass is 16.2. The number of nitrogens with one attached hydrogen (secondary N) is 6. The molecule has 0 spiro atoms. The number of aromatic amines is 2. The summed E-state index contributed by atoms with van der Waals surface area (Å²) < 4.78 is 2.34. The quantitative estimate of drug-likeness (QED) is 0.0996. The van der Waals surface area contributed by atoms with Gasteiger partial charge in [0.1, 0.15) is 0 Å². The van der Waals surface area contributed by atoms with Gasteiger partial charge in [-0.1, -0.05) is 12.1 Å². The molecule has 2 aromatic heterocycles. The van der Waals surface area contributed by atoms with Crippen LogP contribution in [0.2, 0.25) is 0 Å². The zero-order valence-electron chi connectivity index (χ0n) is 30.9. The summed E-state index contributed by atoms with van der Waals surface area (Å²) in [5.74, 6) is -1.81. The lowest BCUT2D eigenvalue weighted by molar-refractivity contribution is -0.116. The molecule has 6 aromatic rings. The summed E-state index contributed by atoms with van der Waals surface area (Å²) in [6.45, 7) is 0. The Morgan fingerprint density at radius 2 is 0.879 bits per heavy atom. The van der Waals surface area contributed by atoms with Gasteiger partial charge in [-0.3, -0.25) is 38.7 Å². The summed E-state index contributed by atoms with van der Waals surface area (Å²) in [5, 5.41) is 19.4. The number of rotatable bonds is 12. The average molecular weight is 783 g/mol. The van der Waals surface area contributed by atoms with E-state index in [0.717, 1.165) is 0 Å². The van der Waals surface area contributed by atoms with Crippen molar-refractivity contribution in [1.82, 2.24) is 19.1 Å². The molecule has 6 N–H and O–H groups in total. The molecule has 0 fully saturated rings. The van der Waals surface area contributed by atoms with E-state index in [1.807, 2.05) is 0 Å². The number of hydrogen-bond acceptors (Lipinski definition) is 10. The molecule has 292 valence electrons. The largest absolute Gasteiger partial charge is 0.328 e. The SMILES string of the molecule is Cn1c(CC(=O)Nc2cccc(C(=O)Nc3ccc(/N=N/c4ccc(NC(=O)c5cccc(NC(=O)Cc6cc(=O)[nH]c(=O)n6C)c5)cc4)cc3)c2)cc(=O)[nH]c1=O.